The molecule has 0 unspecified atom stereocenters. The van der Waals surface area contributed by atoms with Crippen LogP contribution in [0.2, 0.25) is 0 Å². The average Bonchev–Trinajstić information content (AvgIpc) is 3.07. The van der Waals surface area contributed by atoms with Crippen LogP contribution in [0.4, 0.5) is 4.39 Å². The molecule has 0 radical (unpaired) electrons. The summed E-state index contributed by atoms with van der Waals surface area (Å²) in [5, 5.41) is 8.14. The fraction of sp³-hybridized carbons (Fsp3) is 0.556. The Morgan fingerprint density at radius 1 is 1.21 bits per heavy atom. The second kappa shape index (κ2) is 8.24. The van der Waals surface area contributed by atoms with Crippen molar-refractivity contribution in [3.05, 3.63) is 29.4 Å². The molecule has 0 spiro atoms. The fourth-order valence-electron chi connectivity index (χ4n) is 2.80. The Morgan fingerprint density at radius 2 is 1.88 bits per heavy atom. The number of benzene rings is 1. The molecule has 3 rings (SSSR count). The first-order chi connectivity index (χ1) is 11.6. The zero-order valence-electron chi connectivity index (χ0n) is 15.1. The standard InChI is InChI=1S/C16H20FN3O2.C2H6/c1-10-8-13(17)12(9-14(10)21-3)16-19-18-15(22-16)11-4-6-20(2)7-5-11;1-2/h8-9,11H,4-7H2,1-3H3;1-2H3. The van der Waals surface area contributed by atoms with Crippen LogP contribution in [0, 0.1) is 12.7 Å². The molecule has 2 heterocycles. The molecule has 0 aliphatic carbocycles. The van der Waals surface area contributed by atoms with E-state index in [4.69, 9.17) is 9.15 Å². The van der Waals surface area contributed by atoms with Gasteiger partial charge in [0.15, 0.2) is 0 Å². The van der Waals surface area contributed by atoms with E-state index < -0.39 is 0 Å². The summed E-state index contributed by atoms with van der Waals surface area (Å²) >= 11 is 0. The van der Waals surface area contributed by atoms with Gasteiger partial charge in [0.05, 0.1) is 12.7 Å². The van der Waals surface area contributed by atoms with Crippen molar-refractivity contribution in [1.82, 2.24) is 15.1 Å². The largest absolute Gasteiger partial charge is 0.496 e. The van der Waals surface area contributed by atoms with Crippen LogP contribution in [-0.4, -0.2) is 42.3 Å². The minimum Gasteiger partial charge on any atom is -0.496 e. The van der Waals surface area contributed by atoms with Gasteiger partial charge in [-0.15, -0.1) is 10.2 Å². The maximum Gasteiger partial charge on any atom is 0.250 e. The van der Waals surface area contributed by atoms with Crippen molar-refractivity contribution >= 4 is 0 Å². The van der Waals surface area contributed by atoms with Crippen LogP contribution in [-0.2, 0) is 0 Å². The SMILES string of the molecule is CC.COc1cc(-c2nnc(C3CCN(C)CC3)o2)c(F)cc1C. The van der Waals surface area contributed by atoms with Gasteiger partial charge in [-0.3, -0.25) is 0 Å². The molecule has 6 heteroatoms. The molecule has 5 nitrogen and oxygen atoms in total. The molecule has 0 N–H and O–H groups in total. The molecule has 1 aromatic heterocycles. The maximum absolute atomic E-state index is 14.2. The van der Waals surface area contributed by atoms with Crippen molar-refractivity contribution in [2.45, 2.75) is 39.5 Å². The second-order valence-corrected chi connectivity index (χ2v) is 5.82. The molecule has 0 amide bonds. The van der Waals surface area contributed by atoms with E-state index in [-0.39, 0.29) is 23.2 Å². The molecule has 24 heavy (non-hydrogen) atoms. The lowest BCUT2D eigenvalue weighted by Gasteiger charge is -2.26. The van der Waals surface area contributed by atoms with Gasteiger partial charge in [-0.05, 0) is 57.6 Å². The van der Waals surface area contributed by atoms with Gasteiger partial charge in [0.1, 0.15) is 11.6 Å². The summed E-state index contributed by atoms with van der Waals surface area (Å²) in [6, 6.07) is 3.03. The number of likely N-dealkylation sites (tertiary alicyclic amines) is 1. The molecule has 2 aromatic rings. The van der Waals surface area contributed by atoms with Crippen molar-refractivity contribution in [2.75, 3.05) is 27.2 Å². The van der Waals surface area contributed by atoms with Gasteiger partial charge in [0.2, 0.25) is 5.89 Å². The van der Waals surface area contributed by atoms with Gasteiger partial charge in [-0.2, -0.15) is 0 Å². The van der Waals surface area contributed by atoms with E-state index in [2.05, 4.69) is 22.1 Å². The molecule has 1 saturated heterocycles. The topological polar surface area (TPSA) is 51.4 Å². The average molecular weight is 335 g/mol. The van der Waals surface area contributed by atoms with Crippen LogP contribution in [0.1, 0.15) is 44.1 Å². The zero-order chi connectivity index (χ0) is 17.7. The van der Waals surface area contributed by atoms with Crippen molar-refractivity contribution in [1.29, 1.82) is 0 Å². The van der Waals surface area contributed by atoms with Gasteiger partial charge in [-0.25, -0.2) is 4.39 Å². The highest BCUT2D eigenvalue weighted by atomic mass is 19.1. The third-order valence-corrected chi connectivity index (χ3v) is 4.22. The summed E-state index contributed by atoms with van der Waals surface area (Å²) in [5.74, 6) is 1.30. The number of hydrogen-bond donors (Lipinski definition) is 0. The minimum atomic E-state index is -0.378. The molecular weight excluding hydrogens is 309 g/mol. The van der Waals surface area contributed by atoms with Gasteiger partial charge < -0.3 is 14.1 Å². The molecule has 1 fully saturated rings. The van der Waals surface area contributed by atoms with E-state index in [1.165, 1.54) is 6.07 Å². The van der Waals surface area contributed by atoms with Crippen molar-refractivity contribution in [3.8, 4) is 17.2 Å². The van der Waals surface area contributed by atoms with E-state index >= 15 is 0 Å². The highest BCUT2D eigenvalue weighted by Gasteiger charge is 2.24. The fourth-order valence-corrected chi connectivity index (χ4v) is 2.80. The molecule has 1 aromatic carbocycles. The monoisotopic (exact) mass is 335 g/mol. The lowest BCUT2D eigenvalue weighted by Crippen LogP contribution is -2.29. The summed E-state index contributed by atoms with van der Waals surface area (Å²) in [6.45, 7) is 7.81. The Labute approximate surface area is 142 Å². The number of aryl methyl sites for hydroxylation is 1. The first-order valence-corrected chi connectivity index (χ1v) is 8.45. The van der Waals surface area contributed by atoms with E-state index in [0.29, 0.717) is 11.6 Å². The summed E-state index contributed by atoms with van der Waals surface area (Å²) in [7, 11) is 3.66. The number of ether oxygens (including phenoxy) is 1. The second-order valence-electron chi connectivity index (χ2n) is 5.82. The minimum absolute atomic E-state index is 0.213. The Kier molecular flexibility index (Phi) is 6.31. The zero-order valence-corrected chi connectivity index (χ0v) is 15.1. The first kappa shape index (κ1) is 18.4. The van der Waals surface area contributed by atoms with Crippen LogP contribution >= 0.6 is 0 Å². The van der Waals surface area contributed by atoms with Crippen LogP contribution < -0.4 is 4.74 Å². The highest BCUT2D eigenvalue weighted by Crippen LogP contribution is 2.32. The van der Waals surface area contributed by atoms with Gasteiger partial charge in [0, 0.05) is 5.92 Å². The van der Waals surface area contributed by atoms with Crippen molar-refractivity contribution < 1.29 is 13.5 Å². The summed E-state index contributed by atoms with van der Waals surface area (Å²) in [5.41, 5.74) is 1.02. The molecule has 0 saturated carbocycles. The van der Waals surface area contributed by atoms with Crippen molar-refractivity contribution in [3.63, 3.8) is 0 Å². The molecule has 1 aliphatic rings. The smallest absolute Gasteiger partial charge is 0.250 e. The Bertz CT molecular complexity index is 664. The lowest BCUT2D eigenvalue weighted by molar-refractivity contribution is 0.237. The molecule has 132 valence electrons. The van der Waals surface area contributed by atoms with Crippen LogP contribution in [0.25, 0.3) is 11.5 Å². The van der Waals surface area contributed by atoms with Crippen molar-refractivity contribution in [2.24, 2.45) is 0 Å². The summed E-state index contributed by atoms with van der Waals surface area (Å²) in [6.07, 6.45) is 1.97. The predicted molar refractivity (Wildman–Crippen MR) is 91.8 cm³/mol. The quantitative estimate of drug-likeness (QED) is 0.848. The number of hydrogen-bond acceptors (Lipinski definition) is 5. The Balaban J connectivity index is 0.00000100. The first-order valence-electron chi connectivity index (χ1n) is 8.45. The maximum atomic E-state index is 14.2. The van der Waals surface area contributed by atoms with Crippen LogP contribution in [0.3, 0.4) is 0 Å². The number of nitrogens with zero attached hydrogens (tertiary/aromatic N) is 3. The van der Waals surface area contributed by atoms with Crippen LogP contribution in [0.15, 0.2) is 16.5 Å². The Morgan fingerprint density at radius 3 is 2.50 bits per heavy atom. The van der Waals surface area contributed by atoms with E-state index in [1.807, 2.05) is 13.8 Å². The van der Waals surface area contributed by atoms with Crippen LogP contribution in [0.5, 0.6) is 5.75 Å². The van der Waals surface area contributed by atoms with E-state index in [9.17, 15) is 4.39 Å². The van der Waals surface area contributed by atoms with E-state index in [1.54, 1.807) is 20.1 Å². The number of halogens is 1. The molecular formula is C18H26FN3O2. The number of piperidine rings is 1. The van der Waals surface area contributed by atoms with Gasteiger partial charge in [0.25, 0.3) is 5.89 Å². The summed E-state index contributed by atoms with van der Waals surface area (Å²) < 4.78 is 25.1. The summed E-state index contributed by atoms with van der Waals surface area (Å²) in [4.78, 5) is 2.28. The molecule has 0 bridgehead atoms. The number of rotatable bonds is 3. The Hall–Kier alpha value is -1.95. The molecule has 0 atom stereocenters. The van der Waals surface area contributed by atoms with E-state index in [0.717, 1.165) is 31.5 Å². The van der Waals surface area contributed by atoms with Gasteiger partial charge >= 0.3 is 0 Å². The third-order valence-electron chi connectivity index (χ3n) is 4.22. The third kappa shape index (κ3) is 3.93. The molecule has 1 aliphatic heterocycles. The number of aromatic nitrogens is 2. The van der Waals surface area contributed by atoms with Gasteiger partial charge in [-0.1, -0.05) is 13.8 Å². The normalized spacial score (nSPS) is 15.8. The predicted octanol–water partition coefficient (Wildman–Crippen LogP) is 4.03. The highest BCUT2D eigenvalue weighted by molar-refractivity contribution is 5.58. The lowest BCUT2D eigenvalue weighted by atomic mass is 9.97. The number of methoxy groups -OCH3 is 1.